The molecule has 4 aliphatic carbocycles. The van der Waals surface area contributed by atoms with Crippen LogP contribution >= 0.6 is 0 Å². The monoisotopic (exact) mass is 382 g/mol. The minimum Gasteiger partial charge on any atom is -0.393 e. The highest BCUT2D eigenvalue weighted by Crippen LogP contribution is 2.64. The summed E-state index contributed by atoms with van der Waals surface area (Å²) in [6.45, 7) is 12.3. The smallest absolute Gasteiger partial charge is 0.0578 e. The minimum atomic E-state index is -0.133. The maximum atomic E-state index is 10.2. The summed E-state index contributed by atoms with van der Waals surface area (Å²) in [5.41, 5.74) is 5.40. The van der Waals surface area contributed by atoms with Gasteiger partial charge in [0.05, 0.1) is 6.10 Å². The van der Waals surface area contributed by atoms with Crippen LogP contribution in [0.1, 0.15) is 92.4 Å². The zero-order valence-electron chi connectivity index (χ0n) is 18.9. The fourth-order valence-electron chi connectivity index (χ4n) is 7.38. The number of fused-ring (bicyclic) bond motifs is 5. The molecule has 0 bridgehead atoms. The second-order valence-electron chi connectivity index (χ2n) is 11.4. The van der Waals surface area contributed by atoms with E-state index in [-0.39, 0.29) is 11.5 Å². The minimum absolute atomic E-state index is 0.133. The van der Waals surface area contributed by atoms with Crippen molar-refractivity contribution in [1.29, 1.82) is 0 Å². The van der Waals surface area contributed by atoms with Crippen LogP contribution in [-0.2, 0) is 0 Å². The zero-order valence-corrected chi connectivity index (χ0v) is 18.9. The van der Waals surface area contributed by atoms with E-state index in [4.69, 9.17) is 0 Å². The van der Waals surface area contributed by atoms with E-state index >= 15 is 0 Å². The van der Waals surface area contributed by atoms with Crippen LogP contribution in [0.2, 0.25) is 0 Å². The third-order valence-electron chi connectivity index (χ3n) is 9.17. The summed E-state index contributed by atoms with van der Waals surface area (Å²) in [5, 5.41) is 10.2. The molecule has 0 radical (unpaired) electrons. The summed E-state index contributed by atoms with van der Waals surface area (Å²) in [6.07, 6.45) is 18.5. The van der Waals surface area contributed by atoms with Gasteiger partial charge in [-0.25, -0.2) is 0 Å². The van der Waals surface area contributed by atoms with E-state index in [2.05, 4.69) is 52.8 Å². The lowest BCUT2D eigenvalue weighted by atomic mass is 9.54. The van der Waals surface area contributed by atoms with Gasteiger partial charge in [-0.1, -0.05) is 77.7 Å². The SMILES string of the molecule is CC(C)CCC[C@@H](C)[C@H]1CC[C@H]2C3=CC=C4CC(O)CCC4(C)C3=CCC12C. The fourth-order valence-corrected chi connectivity index (χ4v) is 7.38. The quantitative estimate of drug-likeness (QED) is 0.532. The Hall–Kier alpha value is -0.820. The normalized spacial score (nSPS) is 40.8. The summed E-state index contributed by atoms with van der Waals surface area (Å²) in [5.74, 6) is 3.29. The highest BCUT2D eigenvalue weighted by Gasteiger charge is 2.54. The van der Waals surface area contributed by atoms with Crippen LogP contribution in [0.4, 0.5) is 0 Å². The van der Waals surface area contributed by atoms with E-state index in [1.54, 1.807) is 11.1 Å². The summed E-state index contributed by atoms with van der Waals surface area (Å²) in [6, 6.07) is 0. The first-order valence-corrected chi connectivity index (χ1v) is 12.1. The van der Waals surface area contributed by atoms with Gasteiger partial charge in [-0.05, 0) is 78.8 Å². The Labute approximate surface area is 173 Å². The number of hydrogen-bond acceptors (Lipinski definition) is 1. The molecule has 0 saturated heterocycles. The standard InChI is InChI=1S/C27H42O/c1-18(2)7-6-8-19(3)23-11-12-24-22-10-9-20-17-21(28)13-15-26(20,4)25(22)14-16-27(23,24)5/h9-10,14,18-19,21,23-24,28H,6-8,11-13,15-17H2,1-5H3/t19-,21?,23-,24+,26?,27?/m1/s1. The molecule has 6 atom stereocenters. The van der Waals surface area contributed by atoms with E-state index in [0.717, 1.165) is 42.9 Å². The second kappa shape index (κ2) is 7.46. The van der Waals surface area contributed by atoms with Crippen molar-refractivity contribution in [3.63, 3.8) is 0 Å². The summed E-state index contributed by atoms with van der Waals surface area (Å²) in [4.78, 5) is 0. The Morgan fingerprint density at radius 1 is 1.07 bits per heavy atom. The molecule has 0 amide bonds. The lowest BCUT2D eigenvalue weighted by molar-refractivity contribution is 0.107. The van der Waals surface area contributed by atoms with Crippen molar-refractivity contribution in [3.05, 3.63) is 34.9 Å². The summed E-state index contributed by atoms with van der Waals surface area (Å²) >= 11 is 0. The van der Waals surface area contributed by atoms with Crippen LogP contribution < -0.4 is 0 Å². The summed E-state index contributed by atoms with van der Waals surface area (Å²) < 4.78 is 0. The molecule has 3 unspecified atom stereocenters. The molecule has 0 aromatic rings. The van der Waals surface area contributed by atoms with E-state index in [1.807, 2.05) is 0 Å². The highest BCUT2D eigenvalue weighted by atomic mass is 16.3. The van der Waals surface area contributed by atoms with Gasteiger partial charge in [0.1, 0.15) is 0 Å². The van der Waals surface area contributed by atoms with Crippen LogP contribution in [0.15, 0.2) is 34.9 Å². The third-order valence-corrected chi connectivity index (χ3v) is 9.17. The van der Waals surface area contributed by atoms with Crippen molar-refractivity contribution in [1.82, 2.24) is 0 Å². The van der Waals surface area contributed by atoms with Gasteiger partial charge >= 0.3 is 0 Å². The van der Waals surface area contributed by atoms with Gasteiger partial charge in [-0.2, -0.15) is 0 Å². The molecule has 0 aromatic carbocycles. The van der Waals surface area contributed by atoms with Gasteiger partial charge in [0.15, 0.2) is 0 Å². The Bertz CT molecular complexity index is 695. The van der Waals surface area contributed by atoms with Crippen molar-refractivity contribution in [2.24, 2.45) is 34.5 Å². The number of allylic oxidation sites excluding steroid dienone is 5. The Morgan fingerprint density at radius 2 is 1.86 bits per heavy atom. The molecule has 2 saturated carbocycles. The van der Waals surface area contributed by atoms with Gasteiger partial charge in [0.25, 0.3) is 0 Å². The van der Waals surface area contributed by atoms with E-state index < -0.39 is 0 Å². The van der Waals surface area contributed by atoms with Crippen LogP contribution in [0.25, 0.3) is 0 Å². The largest absolute Gasteiger partial charge is 0.393 e. The molecule has 0 spiro atoms. The third kappa shape index (κ3) is 3.26. The number of rotatable bonds is 5. The van der Waals surface area contributed by atoms with Crippen molar-refractivity contribution in [3.8, 4) is 0 Å². The van der Waals surface area contributed by atoms with Gasteiger partial charge in [-0.15, -0.1) is 0 Å². The zero-order chi connectivity index (χ0) is 20.1. The average Bonchev–Trinajstić information content (AvgIpc) is 2.99. The van der Waals surface area contributed by atoms with E-state index in [1.165, 1.54) is 44.1 Å². The summed E-state index contributed by atoms with van der Waals surface area (Å²) in [7, 11) is 0. The van der Waals surface area contributed by atoms with Gasteiger partial charge in [-0.3, -0.25) is 0 Å². The molecule has 28 heavy (non-hydrogen) atoms. The highest BCUT2D eigenvalue weighted by molar-refractivity contribution is 5.53. The maximum Gasteiger partial charge on any atom is 0.0578 e. The molecule has 156 valence electrons. The first kappa shape index (κ1) is 20.5. The van der Waals surface area contributed by atoms with Crippen molar-refractivity contribution in [2.45, 2.75) is 98.5 Å². The Kier molecular flexibility index (Phi) is 5.45. The molecule has 2 fully saturated rings. The van der Waals surface area contributed by atoms with E-state index in [0.29, 0.717) is 5.41 Å². The molecular weight excluding hydrogens is 340 g/mol. The lowest BCUT2D eigenvalue weighted by Gasteiger charge is -2.50. The van der Waals surface area contributed by atoms with Crippen LogP contribution in [-0.4, -0.2) is 11.2 Å². The first-order valence-electron chi connectivity index (χ1n) is 12.1. The fraction of sp³-hybridized carbons (Fsp3) is 0.778. The Balaban J connectivity index is 1.57. The molecule has 4 rings (SSSR count). The lowest BCUT2D eigenvalue weighted by Crippen LogP contribution is -2.41. The first-order chi connectivity index (χ1) is 13.3. The molecule has 1 N–H and O–H groups in total. The van der Waals surface area contributed by atoms with Crippen LogP contribution in [0.5, 0.6) is 0 Å². The van der Waals surface area contributed by atoms with Crippen LogP contribution in [0, 0.1) is 34.5 Å². The Morgan fingerprint density at radius 3 is 2.61 bits per heavy atom. The molecule has 1 nitrogen and oxygen atoms in total. The second-order valence-corrected chi connectivity index (χ2v) is 11.4. The topological polar surface area (TPSA) is 20.2 Å². The van der Waals surface area contributed by atoms with Gasteiger partial charge in [0.2, 0.25) is 0 Å². The molecule has 4 aliphatic rings. The van der Waals surface area contributed by atoms with Crippen molar-refractivity contribution in [2.75, 3.05) is 0 Å². The molecular formula is C27H42O. The number of aliphatic hydroxyl groups is 1. The van der Waals surface area contributed by atoms with Crippen molar-refractivity contribution >= 4 is 0 Å². The van der Waals surface area contributed by atoms with Crippen LogP contribution in [0.3, 0.4) is 0 Å². The predicted octanol–water partition coefficient (Wildman–Crippen LogP) is 7.23. The molecule has 0 heterocycles. The van der Waals surface area contributed by atoms with E-state index in [9.17, 15) is 5.11 Å². The molecule has 0 aromatic heterocycles. The van der Waals surface area contributed by atoms with Gasteiger partial charge in [0, 0.05) is 5.41 Å². The number of hydrogen-bond donors (Lipinski definition) is 1. The molecule has 1 heteroatoms. The average molecular weight is 383 g/mol. The predicted molar refractivity (Wildman–Crippen MR) is 119 cm³/mol. The van der Waals surface area contributed by atoms with Gasteiger partial charge < -0.3 is 5.11 Å². The maximum absolute atomic E-state index is 10.2. The molecule has 0 aliphatic heterocycles. The number of aliphatic hydroxyl groups excluding tert-OH is 1. The van der Waals surface area contributed by atoms with Crippen molar-refractivity contribution < 1.29 is 5.11 Å².